The van der Waals surface area contributed by atoms with Crippen LogP contribution in [0, 0.1) is 23.2 Å². The first-order chi connectivity index (χ1) is 9.73. The Hall–Kier alpha value is -0.610. The molecule has 0 radical (unpaired) electrons. The molecule has 20 heavy (non-hydrogen) atoms. The smallest absolute Gasteiger partial charge is 0.228 e. The van der Waals surface area contributed by atoms with Gasteiger partial charge >= 0.3 is 0 Å². The first-order valence-electron chi connectivity index (χ1n) is 8.21. The van der Waals surface area contributed by atoms with Gasteiger partial charge in [0.1, 0.15) is 0 Å². The minimum absolute atomic E-state index is 0.226. The van der Waals surface area contributed by atoms with Crippen molar-refractivity contribution < 1.29 is 9.53 Å². The number of rotatable bonds is 5. The molecule has 3 unspecified atom stereocenters. The number of piperidine rings is 1. The predicted molar refractivity (Wildman–Crippen MR) is 78.4 cm³/mol. The van der Waals surface area contributed by atoms with Gasteiger partial charge in [0.15, 0.2) is 0 Å². The summed E-state index contributed by atoms with van der Waals surface area (Å²) in [5.41, 5.74) is -0.294. The van der Waals surface area contributed by atoms with Crippen molar-refractivity contribution in [2.24, 2.45) is 23.2 Å². The molecule has 1 saturated heterocycles. The lowest BCUT2D eigenvalue weighted by Gasteiger charge is -2.36. The van der Waals surface area contributed by atoms with Gasteiger partial charge in [-0.2, -0.15) is 0 Å². The van der Waals surface area contributed by atoms with Crippen molar-refractivity contribution in [1.82, 2.24) is 10.6 Å². The number of carbonyl (C=O) groups is 1. The van der Waals surface area contributed by atoms with Gasteiger partial charge in [0.25, 0.3) is 0 Å². The molecule has 1 amide bonds. The molecule has 2 saturated carbocycles. The van der Waals surface area contributed by atoms with Crippen LogP contribution in [0.5, 0.6) is 0 Å². The Morgan fingerprint density at radius 3 is 2.70 bits per heavy atom. The summed E-state index contributed by atoms with van der Waals surface area (Å²) in [6.45, 7) is 3.28. The second-order valence-electron chi connectivity index (χ2n) is 7.11. The second kappa shape index (κ2) is 6.02. The largest absolute Gasteiger partial charge is 0.384 e. The van der Waals surface area contributed by atoms with Crippen LogP contribution in [0.15, 0.2) is 0 Å². The Balaban J connectivity index is 1.54. The van der Waals surface area contributed by atoms with Gasteiger partial charge in [-0.25, -0.2) is 0 Å². The van der Waals surface area contributed by atoms with Crippen LogP contribution in [-0.2, 0) is 9.53 Å². The average Bonchev–Trinajstić information content (AvgIpc) is 3.08. The molecule has 0 spiro atoms. The van der Waals surface area contributed by atoms with Gasteiger partial charge in [0.05, 0.1) is 12.0 Å². The van der Waals surface area contributed by atoms with Crippen molar-refractivity contribution in [3.05, 3.63) is 0 Å². The van der Waals surface area contributed by atoms with Crippen LogP contribution in [0.1, 0.15) is 38.5 Å². The molecule has 0 aromatic carbocycles. The van der Waals surface area contributed by atoms with Crippen molar-refractivity contribution in [2.45, 2.75) is 38.5 Å². The third kappa shape index (κ3) is 2.73. The lowest BCUT2D eigenvalue weighted by molar-refractivity contribution is -0.136. The fourth-order valence-corrected chi connectivity index (χ4v) is 4.66. The van der Waals surface area contributed by atoms with Crippen LogP contribution in [0.3, 0.4) is 0 Å². The summed E-state index contributed by atoms with van der Waals surface area (Å²) in [5.74, 6) is 2.79. The van der Waals surface area contributed by atoms with E-state index in [4.69, 9.17) is 4.74 Å². The molecule has 2 N–H and O–H groups in total. The minimum atomic E-state index is -0.294. The van der Waals surface area contributed by atoms with Gasteiger partial charge in [0.2, 0.25) is 5.91 Å². The van der Waals surface area contributed by atoms with E-state index in [1.54, 1.807) is 7.11 Å². The Morgan fingerprint density at radius 2 is 2.10 bits per heavy atom. The lowest BCUT2D eigenvalue weighted by Crippen LogP contribution is -2.51. The highest BCUT2D eigenvalue weighted by Gasteiger charge is 2.42. The third-order valence-corrected chi connectivity index (χ3v) is 5.87. The molecule has 1 aliphatic heterocycles. The SMILES string of the molecule is COCC1(C(=O)NCC2CC3CCC2C3)CCNCC1. The van der Waals surface area contributed by atoms with Crippen molar-refractivity contribution in [3.63, 3.8) is 0 Å². The monoisotopic (exact) mass is 280 g/mol. The topological polar surface area (TPSA) is 50.4 Å². The van der Waals surface area contributed by atoms with E-state index in [9.17, 15) is 4.79 Å². The van der Waals surface area contributed by atoms with Crippen molar-refractivity contribution in [2.75, 3.05) is 33.4 Å². The number of ether oxygens (including phenoxy) is 1. The Morgan fingerprint density at radius 1 is 1.30 bits per heavy atom. The molecule has 2 bridgehead atoms. The molecule has 4 nitrogen and oxygen atoms in total. The van der Waals surface area contributed by atoms with E-state index in [0.717, 1.165) is 50.2 Å². The van der Waals surface area contributed by atoms with Crippen LogP contribution < -0.4 is 10.6 Å². The zero-order chi connectivity index (χ0) is 14.0. The van der Waals surface area contributed by atoms with Gasteiger partial charge in [-0.1, -0.05) is 6.42 Å². The maximum absolute atomic E-state index is 12.7. The third-order valence-electron chi connectivity index (χ3n) is 5.87. The number of amides is 1. The molecule has 0 aromatic rings. The van der Waals surface area contributed by atoms with E-state index in [2.05, 4.69) is 10.6 Å². The van der Waals surface area contributed by atoms with Crippen molar-refractivity contribution in [3.8, 4) is 0 Å². The molecule has 3 atom stereocenters. The minimum Gasteiger partial charge on any atom is -0.384 e. The van der Waals surface area contributed by atoms with Crippen LogP contribution in [0.4, 0.5) is 0 Å². The molecule has 1 heterocycles. The molecule has 3 fully saturated rings. The molecule has 3 aliphatic rings. The summed E-state index contributed by atoms with van der Waals surface area (Å²) in [5, 5.41) is 6.59. The predicted octanol–water partition coefficient (Wildman–Crippen LogP) is 1.55. The maximum Gasteiger partial charge on any atom is 0.228 e. The Labute approximate surface area is 122 Å². The standard InChI is InChI=1S/C16H28N2O2/c1-20-11-16(4-6-17-7-5-16)15(19)18-10-14-9-12-2-3-13(14)8-12/h12-14,17H,2-11H2,1H3,(H,18,19). The number of carbonyl (C=O) groups excluding carboxylic acids is 1. The molecule has 4 heteroatoms. The average molecular weight is 280 g/mol. The first-order valence-corrected chi connectivity index (χ1v) is 8.21. The highest BCUT2D eigenvalue weighted by atomic mass is 16.5. The fourth-order valence-electron chi connectivity index (χ4n) is 4.66. The molecule has 0 aromatic heterocycles. The fraction of sp³-hybridized carbons (Fsp3) is 0.938. The van der Waals surface area contributed by atoms with Crippen LogP contribution >= 0.6 is 0 Å². The number of hydrogen-bond donors (Lipinski definition) is 2. The quantitative estimate of drug-likeness (QED) is 0.803. The van der Waals surface area contributed by atoms with E-state index in [-0.39, 0.29) is 11.3 Å². The zero-order valence-corrected chi connectivity index (χ0v) is 12.6. The van der Waals surface area contributed by atoms with Gasteiger partial charge in [-0.3, -0.25) is 4.79 Å². The van der Waals surface area contributed by atoms with Gasteiger partial charge in [-0.15, -0.1) is 0 Å². The van der Waals surface area contributed by atoms with Crippen LogP contribution in [0.25, 0.3) is 0 Å². The summed E-state index contributed by atoms with van der Waals surface area (Å²) < 4.78 is 5.34. The normalized spacial score (nSPS) is 35.1. The highest BCUT2D eigenvalue weighted by molar-refractivity contribution is 5.83. The van der Waals surface area contributed by atoms with E-state index in [1.165, 1.54) is 25.7 Å². The Bertz CT molecular complexity index is 347. The van der Waals surface area contributed by atoms with Gasteiger partial charge < -0.3 is 15.4 Å². The summed E-state index contributed by atoms with van der Waals surface area (Å²) >= 11 is 0. The van der Waals surface area contributed by atoms with Gasteiger partial charge in [0, 0.05) is 13.7 Å². The van der Waals surface area contributed by atoms with Crippen LogP contribution in [-0.4, -0.2) is 39.3 Å². The molecule has 2 aliphatic carbocycles. The molecular weight excluding hydrogens is 252 g/mol. The van der Waals surface area contributed by atoms with Crippen molar-refractivity contribution >= 4 is 5.91 Å². The first kappa shape index (κ1) is 14.3. The molecule has 114 valence electrons. The van der Waals surface area contributed by atoms with E-state index in [1.807, 2.05) is 0 Å². The van der Waals surface area contributed by atoms with Crippen molar-refractivity contribution in [1.29, 1.82) is 0 Å². The zero-order valence-electron chi connectivity index (χ0n) is 12.6. The summed E-state index contributed by atoms with van der Waals surface area (Å²) in [4.78, 5) is 12.7. The summed E-state index contributed by atoms with van der Waals surface area (Å²) in [6.07, 6.45) is 7.34. The van der Waals surface area contributed by atoms with E-state index in [0.29, 0.717) is 6.61 Å². The number of nitrogens with one attached hydrogen (secondary N) is 2. The highest BCUT2D eigenvalue weighted by Crippen LogP contribution is 2.48. The lowest BCUT2D eigenvalue weighted by atomic mass is 9.78. The Kier molecular flexibility index (Phi) is 4.32. The number of methoxy groups -OCH3 is 1. The molecular formula is C16H28N2O2. The molecule has 3 rings (SSSR count). The summed E-state index contributed by atoms with van der Waals surface area (Å²) in [7, 11) is 1.70. The van der Waals surface area contributed by atoms with E-state index < -0.39 is 0 Å². The van der Waals surface area contributed by atoms with E-state index >= 15 is 0 Å². The number of hydrogen-bond acceptors (Lipinski definition) is 3. The van der Waals surface area contributed by atoms with Gasteiger partial charge in [-0.05, 0) is 62.9 Å². The summed E-state index contributed by atoms with van der Waals surface area (Å²) in [6, 6.07) is 0. The maximum atomic E-state index is 12.7. The van der Waals surface area contributed by atoms with Crippen LogP contribution in [0.2, 0.25) is 0 Å². The number of fused-ring (bicyclic) bond motifs is 2. The second-order valence-corrected chi connectivity index (χ2v) is 7.11.